The Morgan fingerprint density at radius 3 is 2.69 bits per heavy atom. The van der Waals surface area contributed by atoms with Gasteiger partial charge in [-0.1, -0.05) is 50.6 Å². The van der Waals surface area contributed by atoms with E-state index in [1.165, 1.54) is 4.57 Å². The number of aromatic nitrogens is 2. The number of para-hydroxylation sites is 2. The van der Waals surface area contributed by atoms with Gasteiger partial charge in [0, 0.05) is 12.0 Å². The van der Waals surface area contributed by atoms with E-state index in [0.717, 1.165) is 6.42 Å². The number of amides is 2. The minimum atomic E-state index is -1.53. The molecule has 8 rings (SSSR count). The van der Waals surface area contributed by atoms with Crippen molar-refractivity contribution < 1.29 is 14.7 Å². The van der Waals surface area contributed by atoms with Crippen LogP contribution in [-0.4, -0.2) is 43.6 Å². The van der Waals surface area contributed by atoms with Crippen LogP contribution in [0.15, 0.2) is 53.3 Å². The summed E-state index contributed by atoms with van der Waals surface area (Å²) in [6.45, 7) is 4.02. The molecule has 2 bridgehead atoms. The summed E-state index contributed by atoms with van der Waals surface area (Å²) in [4.78, 5) is 49.6. The largest absolute Gasteiger partial charge is 0.381 e. The summed E-state index contributed by atoms with van der Waals surface area (Å²) in [6.07, 6.45) is -0.866. The summed E-state index contributed by atoms with van der Waals surface area (Å²) < 4.78 is 1.45. The second kappa shape index (κ2) is 6.77. The van der Waals surface area contributed by atoms with Gasteiger partial charge in [0.05, 0.1) is 22.6 Å². The van der Waals surface area contributed by atoms with Crippen molar-refractivity contribution in [3.8, 4) is 0 Å². The van der Waals surface area contributed by atoms with E-state index >= 15 is 0 Å². The molecule has 2 aromatic carbocycles. The minimum absolute atomic E-state index is 0.0480. The number of fused-ring (bicyclic) bond motifs is 4. The van der Waals surface area contributed by atoms with Crippen LogP contribution in [0.25, 0.3) is 10.9 Å². The van der Waals surface area contributed by atoms with Crippen LogP contribution in [0, 0.1) is 5.92 Å². The zero-order chi connectivity index (χ0) is 24.2. The first-order valence-corrected chi connectivity index (χ1v) is 12.1. The maximum absolute atomic E-state index is 14.0. The van der Waals surface area contributed by atoms with E-state index in [-0.39, 0.29) is 29.7 Å². The molecule has 2 fully saturated rings. The van der Waals surface area contributed by atoms with Gasteiger partial charge in [-0.2, -0.15) is 0 Å². The number of carbonyl (C=O) groups is 2. The highest BCUT2D eigenvalue weighted by atomic mass is 16.3. The van der Waals surface area contributed by atoms with Gasteiger partial charge in [-0.05, 0) is 24.1 Å². The second-order valence-electron chi connectivity index (χ2n) is 10.1. The van der Waals surface area contributed by atoms with E-state index < -0.39 is 30.0 Å². The average molecular weight is 472 g/mol. The van der Waals surface area contributed by atoms with E-state index in [2.05, 4.69) is 5.32 Å². The molecule has 2 amide bonds. The molecule has 0 aliphatic carbocycles. The van der Waals surface area contributed by atoms with Gasteiger partial charge in [-0.15, -0.1) is 0 Å². The smallest absolute Gasteiger partial charge is 0.262 e. The van der Waals surface area contributed by atoms with Crippen molar-refractivity contribution in [1.29, 1.82) is 0 Å². The third-order valence-corrected chi connectivity index (χ3v) is 8.35. The Bertz CT molecular complexity index is 1500. The van der Waals surface area contributed by atoms with Crippen molar-refractivity contribution in [2.45, 2.75) is 56.7 Å². The van der Waals surface area contributed by atoms with Gasteiger partial charge < -0.3 is 10.4 Å². The quantitative estimate of drug-likeness (QED) is 0.590. The maximum Gasteiger partial charge on any atom is 0.262 e. The molecule has 35 heavy (non-hydrogen) atoms. The SMILES string of the molecule is CC[C@H](C)[C@H]1C(=O)N2c3ccccc3[C@@]3(O)C[C@H]4C(=O)N[C@H](c5nc6ccccc6c(=O)n54)N1[C@H]23. The maximum atomic E-state index is 14.0. The van der Waals surface area contributed by atoms with Crippen LogP contribution in [0.3, 0.4) is 0 Å². The predicted octanol–water partition coefficient (Wildman–Crippen LogP) is 1.76. The van der Waals surface area contributed by atoms with Crippen molar-refractivity contribution >= 4 is 28.4 Å². The first kappa shape index (κ1) is 20.8. The van der Waals surface area contributed by atoms with E-state index in [1.807, 2.05) is 49.1 Å². The number of benzene rings is 2. The fourth-order valence-corrected chi connectivity index (χ4v) is 6.61. The Labute approximate surface area is 201 Å². The number of aliphatic hydroxyl groups is 1. The Kier molecular flexibility index (Phi) is 4.02. The molecular formula is C26H25N5O4. The lowest BCUT2D eigenvalue weighted by molar-refractivity contribution is -0.146. The van der Waals surface area contributed by atoms with Crippen LogP contribution in [-0.2, 0) is 15.2 Å². The number of nitrogens with zero attached hydrogens (tertiary/aromatic N) is 4. The average Bonchev–Trinajstić information content (AvgIpc) is 3.29. The Hall–Kier alpha value is -3.56. The van der Waals surface area contributed by atoms with Gasteiger partial charge in [-0.3, -0.25) is 23.9 Å². The highest BCUT2D eigenvalue weighted by molar-refractivity contribution is 6.03. The summed E-state index contributed by atoms with van der Waals surface area (Å²) in [5.41, 5.74) is -0.0422. The van der Waals surface area contributed by atoms with E-state index in [0.29, 0.717) is 28.0 Å². The minimum Gasteiger partial charge on any atom is -0.381 e. The normalized spacial score (nSPS) is 31.6. The van der Waals surface area contributed by atoms with E-state index in [1.54, 1.807) is 23.1 Å². The molecule has 6 heterocycles. The Morgan fingerprint density at radius 1 is 1.14 bits per heavy atom. The summed E-state index contributed by atoms with van der Waals surface area (Å²) >= 11 is 0. The fraction of sp³-hybridized carbons (Fsp3) is 0.385. The summed E-state index contributed by atoms with van der Waals surface area (Å²) in [6, 6.07) is 12.9. The third-order valence-electron chi connectivity index (χ3n) is 8.35. The second-order valence-corrected chi connectivity index (χ2v) is 10.1. The van der Waals surface area contributed by atoms with Gasteiger partial charge >= 0.3 is 0 Å². The first-order chi connectivity index (χ1) is 16.9. The van der Waals surface area contributed by atoms with E-state index in [4.69, 9.17) is 4.98 Å². The molecule has 0 saturated carbocycles. The number of carbonyl (C=O) groups excluding carboxylic acids is 2. The van der Waals surface area contributed by atoms with E-state index in [9.17, 15) is 19.5 Å². The zero-order valence-corrected chi connectivity index (χ0v) is 19.4. The van der Waals surface area contributed by atoms with Crippen molar-refractivity contribution in [2.75, 3.05) is 4.90 Å². The summed E-state index contributed by atoms with van der Waals surface area (Å²) in [5.74, 6) is -0.118. The lowest BCUT2D eigenvalue weighted by Gasteiger charge is -2.49. The van der Waals surface area contributed by atoms with Gasteiger partial charge in [0.25, 0.3) is 5.56 Å². The zero-order valence-electron chi connectivity index (χ0n) is 19.4. The lowest BCUT2D eigenvalue weighted by atomic mass is 9.82. The first-order valence-electron chi connectivity index (χ1n) is 12.1. The lowest BCUT2D eigenvalue weighted by Crippen LogP contribution is -2.64. The topological polar surface area (TPSA) is 108 Å². The van der Waals surface area contributed by atoms with Crippen molar-refractivity contribution in [3.63, 3.8) is 0 Å². The third kappa shape index (κ3) is 2.39. The molecular weight excluding hydrogens is 446 g/mol. The van der Waals surface area contributed by atoms with Gasteiger partial charge in [0.15, 0.2) is 5.82 Å². The molecule has 9 nitrogen and oxygen atoms in total. The molecule has 1 aromatic heterocycles. The molecule has 6 atom stereocenters. The monoisotopic (exact) mass is 471 g/mol. The molecule has 2 N–H and O–H groups in total. The molecule has 0 spiro atoms. The molecule has 0 unspecified atom stereocenters. The number of nitrogens with one attached hydrogen (secondary N) is 1. The molecule has 5 aliphatic heterocycles. The van der Waals surface area contributed by atoms with Crippen molar-refractivity contribution in [2.24, 2.45) is 5.92 Å². The summed E-state index contributed by atoms with van der Waals surface area (Å²) in [7, 11) is 0. The van der Waals surface area contributed by atoms with Gasteiger partial charge in [-0.25, -0.2) is 9.88 Å². The van der Waals surface area contributed by atoms with Crippen LogP contribution < -0.4 is 15.8 Å². The number of anilines is 1. The molecule has 178 valence electrons. The van der Waals surface area contributed by atoms with Crippen molar-refractivity contribution in [1.82, 2.24) is 19.8 Å². The van der Waals surface area contributed by atoms with Crippen LogP contribution >= 0.6 is 0 Å². The molecule has 2 saturated heterocycles. The molecule has 5 aliphatic rings. The van der Waals surface area contributed by atoms with Crippen LogP contribution in [0.4, 0.5) is 5.69 Å². The molecule has 3 aromatic rings. The number of hydrogen-bond donors (Lipinski definition) is 2. The molecule has 9 heteroatoms. The van der Waals surface area contributed by atoms with Crippen LogP contribution in [0.1, 0.15) is 50.3 Å². The number of rotatable bonds is 2. The van der Waals surface area contributed by atoms with Crippen molar-refractivity contribution in [3.05, 3.63) is 70.3 Å². The fourth-order valence-electron chi connectivity index (χ4n) is 6.61. The van der Waals surface area contributed by atoms with Gasteiger partial charge in [0.2, 0.25) is 11.8 Å². The molecule has 0 radical (unpaired) electrons. The van der Waals surface area contributed by atoms with Crippen LogP contribution in [0.2, 0.25) is 0 Å². The standard InChI is InChI=1S/C26H25N5O4/c1-3-13(2)19-24(34)30-17-11-7-5-9-15(17)26(35)12-18-22(32)28-21(31(19)25(26)30)20-27-16-10-6-4-8-14(16)23(33)29(18)20/h4-11,13,18-19,21,25,35H,3,12H2,1-2H3,(H,28,32)/t13-,18-,19-,21-,25-,26-/m0/s1. The van der Waals surface area contributed by atoms with Crippen LogP contribution in [0.5, 0.6) is 0 Å². The predicted molar refractivity (Wildman–Crippen MR) is 127 cm³/mol. The number of hydrogen-bond acceptors (Lipinski definition) is 6. The summed E-state index contributed by atoms with van der Waals surface area (Å²) in [5, 5.41) is 15.8. The highest BCUT2D eigenvalue weighted by Crippen LogP contribution is 2.56. The van der Waals surface area contributed by atoms with Gasteiger partial charge in [0.1, 0.15) is 24.0 Å². The Morgan fingerprint density at radius 2 is 1.89 bits per heavy atom. The highest BCUT2D eigenvalue weighted by Gasteiger charge is 2.67. The Balaban J connectivity index is 1.57.